The van der Waals surface area contributed by atoms with Gasteiger partial charge in [-0.2, -0.15) is 0 Å². The highest BCUT2D eigenvalue weighted by molar-refractivity contribution is 5.96. The van der Waals surface area contributed by atoms with Crippen LogP contribution in [0.15, 0.2) is 89.3 Å². The lowest BCUT2D eigenvalue weighted by Crippen LogP contribution is -2.51. The zero-order valence-electron chi connectivity index (χ0n) is 21.9. The van der Waals surface area contributed by atoms with Gasteiger partial charge in [0.05, 0.1) is 6.42 Å². The monoisotopic (exact) mass is 534 g/mol. The molecule has 1 saturated heterocycles. The molecule has 0 spiro atoms. The number of carbonyl (C=O) groups excluding carboxylic acids is 2. The van der Waals surface area contributed by atoms with E-state index in [9.17, 15) is 9.59 Å². The molecule has 2 amide bonds. The Morgan fingerprint density at radius 3 is 1.77 bits per heavy atom. The van der Waals surface area contributed by atoms with E-state index in [0.717, 1.165) is 16.7 Å². The number of nitrogens with zero attached hydrogens (tertiary/aromatic N) is 2. The highest BCUT2D eigenvalue weighted by Crippen LogP contribution is 2.34. The molecule has 40 heavy (non-hydrogen) atoms. The van der Waals surface area contributed by atoms with Crippen LogP contribution in [0.25, 0.3) is 22.6 Å². The summed E-state index contributed by atoms with van der Waals surface area (Å²) in [5.74, 6) is 1.02. The lowest BCUT2D eigenvalue weighted by molar-refractivity contribution is -0.131. The third-order valence-corrected chi connectivity index (χ3v) is 7.03. The first-order valence-corrected chi connectivity index (χ1v) is 12.9. The molecule has 1 aliphatic heterocycles. The Morgan fingerprint density at radius 1 is 0.700 bits per heavy atom. The molecule has 0 aliphatic carbocycles. The van der Waals surface area contributed by atoms with Crippen LogP contribution in [0.5, 0.6) is 0 Å². The van der Waals surface area contributed by atoms with Crippen LogP contribution in [-0.4, -0.2) is 59.5 Å². The molecule has 0 saturated carbocycles. The predicted octanol–water partition coefficient (Wildman–Crippen LogP) is 3.71. The van der Waals surface area contributed by atoms with Crippen LogP contribution in [0.3, 0.4) is 0 Å². The number of rotatable bonds is 7. The fourth-order valence-electron chi connectivity index (χ4n) is 4.76. The lowest BCUT2D eigenvalue weighted by Gasteiger charge is -2.35. The molecule has 1 fully saturated rings. The van der Waals surface area contributed by atoms with Gasteiger partial charge in [-0.05, 0) is 18.2 Å². The van der Waals surface area contributed by atoms with Crippen molar-refractivity contribution in [2.24, 2.45) is 11.5 Å². The number of amidine groups is 2. The molecule has 1 aliphatic rings. The third-order valence-electron chi connectivity index (χ3n) is 7.03. The van der Waals surface area contributed by atoms with Gasteiger partial charge in [0.25, 0.3) is 5.91 Å². The van der Waals surface area contributed by atoms with Crippen LogP contribution in [0.1, 0.15) is 27.0 Å². The van der Waals surface area contributed by atoms with E-state index in [1.807, 2.05) is 48.5 Å². The minimum atomic E-state index is -0.0484. The van der Waals surface area contributed by atoms with Crippen molar-refractivity contribution in [2.75, 3.05) is 26.2 Å². The molecule has 5 rings (SSSR count). The van der Waals surface area contributed by atoms with Gasteiger partial charge >= 0.3 is 0 Å². The summed E-state index contributed by atoms with van der Waals surface area (Å²) in [6.45, 7) is 1.85. The molecule has 0 bridgehead atoms. The largest absolute Gasteiger partial charge is 0.456 e. The molecular weight excluding hydrogens is 504 g/mol. The van der Waals surface area contributed by atoms with Gasteiger partial charge in [0.2, 0.25) is 5.91 Å². The van der Waals surface area contributed by atoms with E-state index in [1.165, 1.54) is 0 Å². The minimum Gasteiger partial charge on any atom is -0.456 e. The smallest absolute Gasteiger partial charge is 0.253 e. The van der Waals surface area contributed by atoms with Crippen molar-refractivity contribution in [3.05, 3.63) is 107 Å². The van der Waals surface area contributed by atoms with Crippen molar-refractivity contribution in [3.8, 4) is 22.6 Å². The average molecular weight is 535 g/mol. The number of nitrogens with one attached hydrogen (secondary N) is 2. The van der Waals surface area contributed by atoms with Gasteiger partial charge in [-0.15, -0.1) is 0 Å². The first kappa shape index (κ1) is 26.4. The van der Waals surface area contributed by atoms with Crippen molar-refractivity contribution in [1.82, 2.24) is 9.80 Å². The SMILES string of the molecule is N=C(N)c1ccc(-c2cc(CC(=O)N3CCN(C(=O)c4ccccc4)CC3)c(-c3ccc(C(=N)N)cc3)o2)cc1. The molecular formula is C31H30N6O3. The fourth-order valence-corrected chi connectivity index (χ4v) is 4.76. The fraction of sp³-hybridized carbons (Fsp3) is 0.161. The second kappa shape index (κ2) is 11.3. The second-order valence-corrected chi connectivity index (χ2v) is 9.66. The van der Waals surface area contributed by atoms with Gasteiger partial charge in [-0.25, -0.2) is 0 Å². The van der Waals surface area contributed by atoms with Crippen molar-refractivity contribution in [1.29, 1.82) is 10.8 Å². The van der Waals surface area contributed by atoms with Crippen molar-refractivity contribution < 1.29 is 14.0 Å². The summed E-state index contributed by atoms with van der Waals surface area (Å²) in [7, 11) is 0. The number of amides is 2. The number of nitrogens with two attached hydrogens (primary N) is 2. The Labute approximate surface area is 232 Å². The molecule has 202 valence electrons. The summed E-state index contributed by atoms with van der Waals surface area (Å²) in [5.41, 5.74) is 15.3. The zero-order valence-corrected chi connectivity index (χ0v) is 21.9. The standard InChI is InChI=1S/C31H30N6O3/c32-29(33)22-10-6-20(7-11-22)26-18-25(28(40-26)21-8-12-23(13-9-21)30(34)35)19-27(38)36-14-16-37(17-15-36)31(39)24-4-2-1-3-5-24/h1-13,18H,14-17,19H2,(H3,32,33)(H3,34,35). The first-order chi connectivity index (χ1) is 19.3. The van der Waals surface area contributed by atoms with Crippen molar-refractivity contribution >= 4 is 23.5 Å². The Bertz CT molecular complexity index is 1550. The van der Waals surface area contributed by atoms with Crippen molar-refractivity contribution in [2.45, 2.75) is 6.42 Å². The summed E-state index contributed by atoms with van der Waals surface area (Å²) in [4.78, 5) is 29.8. The summed E-state index contributed by atoms with van der Waals surface area (Å²) >= 11 is 0. The van der Waals surface area contributed by atoms with Crippen LogP contribution in [-0.2, 0) is 11.2 Å². The molecule has 4 aromatic rings. The Morgan fingerprint density at radius 2 is 1.23 bits per heavy atom. The summed E-state index contributed by atoms with van der Waals surface area (Å²) in [6, 6.07) is 25.3. The summed E-state index contributed by atoms with van der Waals surface area (Å²) in [5, 5.41) is 15.3. The van der Waals surface area contributed by atoms with Gasteiger partial charge in [0.15, 0.2) is 0 Å². The van der Waals surface area contributed by atoms with Crippen LogP contribution in [0.4, 0.5) is 0 Å². The van der Waals surface area contributed by atoms with Gasteiger partial charge in [0.1, 0.15) is 23.2 Å². The normalized spacial score (nSPS) is 13.2. The zero-order chi connectivity index (χ0) is 28.2. The van der Waals surface area contributed by atoms with E-state index < -0.39 is 0 Å². The molecule has 0 radical (unpaired) electrons. The third kappa shape index (κ3) is 5.63. The molecule has 9 nitrogen and oxygen atoms in total. The summed E-state index contributed by atoms with van der Waals surface area (Å²) < 4.78 is 6.28. The molecule has 6 N–H and O–H groups in total. The Kier molecular flexibility index (Phi) is 7.46. The van der Waals surface area contributed by atoms with E-state index in [4.69, 9.17) is 26.7 Å². The highest BCUT2D eigenvalue weighted by Gasteiger charge is 2.26. The quantitative estimate of drug-likeness (QED) is 0.210. The molecule has 1 aromatic heterocycles. The van der Waals surface area contributed by atoms with Crippen LogP contribution in [0.2, 0.25) is 0 Å². The first-order valence-electron chi connectivity index (χ1n) is 12.9. The molecule has 0 unspecified atom stereocenters. The Hall–Kier alpha value is -5.18. The second-order valence-electron chi connectivity index (χ2n) is 9.66. The Balaban J connectivity index is 1.36. The topological polar surface area (TPSA) is 154 Å². The van der Waals surface area contributed by atoms with Crippen LogP contribution in [0, 0.1) is 10.8 Å². The van der Waals surface area contributed by atoms with E-state index in [2.05, 4.69) is 0 Å². The predicted molar refractivity (Wildman–Crippen MR) is 154 cm³/mol. The van der Waals surface area contributed by atoms with E-state index in [0.29, 0.717) is 54.4 Å². The van der Waals surface area contributed by atoms with Gasteiger partial charge in [-0.3, -0.25) is 20.4 Å². The van der Waals surface area contributed by atoms with E-state index >= 15 is 0 Å². The number of hydrogen-bond acceptors (Lipinski definition) is 5. The number of carbonyl (C=O) groups is 2. The van der Waals surface area contributed by atoms with Gasteiger partial charge in [-0.1, -0.05) is 66.7 Å². The minimum absolute atomic E-state index is 0.0194. The van der Waals surface area contributed by atoms with Crippen LogP contribution >= 0.6 is 0 Å². The number of furan rings is 1. The maximum atomic E-state index is 13.4. The maximum absolute atomic E-state index is 13.4. The molecule has 3 aromatic carbocycles. The lowest BCUT2D eigenvalue weighted by atomic mass is 10.0. The summed E-state index contributed by atoms with van der Waals surface area (Å²) in [6.07, 6.45) is 0.130. The molecule has 2 heterocycles. The number of benzene rings is 3. The number of hydrogen-bond donors (Lipinski definition) is 4. The number of piperazine rings is 1. The van der Waals surface area contributed by atoms with Crippen LogP contribution < -0.4 is 11.5 Å². The van der Waals surface area contributed by atoms with Gasteiger partial charge < -0.3 is 25.7 Å². The average Bonchev–Trinajstić information content (AvgIpc) is 3.41. The maximum Gasteiger partial charge on any atom is 0.253 e. The molecule has 0 atom stereocenters. The van der Waals surface area contributed by atoms with Crippen molar-refractivity contribution in [3.63, 3.8) is 0 Å². The van der Waals surface area contributed by atoms with Gasteiger partial charge in [0, 0.05) is 59.6 Å². The number of nitrogen functional groups attached to an aromatic ring is 2. The van der Waals surface area contributed by atoms with E-state index in [-0.39, 0.29) is 29.9 Å². The highest BCUT2D eigenvalue weighted by atomic mass is 16.3. The van der Waals surface area contributed by atoms with E-state index in [1.54, 1.807) is 46.2 Å². The molecule has 9 heteroatoms.